The van der Waals surface area contributed by atoms with Gasteiger partial charge in [0.1, 0.15) is 29.0 Å². The smallest absolute Gasteiger partial charge is 0.424 e. The van der Waals surface area contributed by atoms with Gasteiger partial charge in [0.2, 0.25) is 11.8 Å². The van der Waals surface area contributed by atoms with E-state index in [1.54, 1.807) is 58.6 Å². The minimum absolute atomic E-state index is 0.00393. The summed E-state index contributed by atoms with van der Waals surface area (Å²) < 4.78 is 10.4. The second kappa shape index (κ2) is 16.0. The van der Waals surface area contributed by atoms with Crippen LogP contribution in [0.15, 0.2) is 48.5 Å². The number of aromatic hydroxyl groups is 1. The Bertz CT molecular complexity index is 1760. The van der Waals surface area contributed by atoms with Gasteiger partial charge in [-0.05, 0) is 97.7 Å². The first-order valence-corrected chi connectivity index (χ1v) is 18.4. The first-order chi connectivity index (χ1) is 26.2. The molecular formula is C39H48N6O11. The predicted octanol–water partition coefficient (Wildman–Crippen LogP) is 4.78. The van der Waals surface area contributed by atoms with Gasteiger partial charge in [0.15, 0.2) is 0 Å². The molecule has 4 aliphatic heterocycles. The molecule has 0 bridgehead atoms. The van der Waals surface area contributed by atoms with E-state index >= 15 is 0 Å². The van der Waals surface area contributed by atoms with Gasteiger partial charge >= 0.3 is 24.2 Å². The number of hydrogen-bond donors (Lipinski definition) is 1. The third-order valence-corrected chi connectivity index (χ3v) is 9.27. The lowest BCUT2D eigenvalue weighted by Gasteiger charge is -2.34. The van der Waals surface area contributed by atoms with Crippen LogP contribution in [0, 0.1) is 6.92 Å². The summed E-state index contributed by atoms with van der Waals surface area (Å²) in [6.45, 7) is 13.3. The molecule has 4 aliphatic rings. The minimum atomic E-state index is -1.02. The summed E-state index contributed by atoms with van der Waals surface area (Å²) in [5.74, 6) is -2.59. The molecule has 0 radical (unpaired) electrons. The van der Waals surface area contributed by atoms with Gasteiger partial charge in [0.05, 0.1) is 0 Å². The van der Waals surface area contributed by atoms with Gasteiger partial charge < -0.3 is 24.4 Å². The van der Waals surface area contributed by atoms with E-state index in [-0.39, 0.29) is 50.0 Å². The number of anilines is 2. The molecule has 0 spiro atoms. The van der Waals surface area contributed by atoms with E-state index in [1.807, 2.05) is 31.2 Å². The highest BCUT2D eigenvalue weighted by atomic mass is 16.6. The largest absolute Gasteiger partial charge is 0.508 e. The standard InChI is InChI=1S/C20H25N3O5.C19H23N3O6/c1-13-5-7-14(8-6-13)21-11-12-22(18(21)26)15-9-10-16(24)23(17(15)25)19(27)28-20(2,3)4;1-19(2,3)28-18(27)22-15(24)9-8-14(16(22)25)21-11-10-20(17(21)26)12-4-6-13(23)7-5-12/h5-8,15H,9-12H2,1-4H3;4-7,14,23H,8-11H2,1-3H3. The maximum Gasteiger partial charge on any atom is 0.424 e. The molecule has 2 unspecified atom stereocenters. The van der Waals surface area contributed by atoms with Crippen LogP contribution in [0.2, 0.25) is 0 Å². The Morgan fingerprint density at radius 2 is 0.946 bits per heavy atom. The van der Waals surface area contributed by atoms with Crippen LogP contribution in [0.3, 0.4) is 0 Å². The maximum absolute atomic E-state index is 12.9. The summed E-state index contributed by atoms with van der Waals surface area (Å²) >= 11 is 0. The molecule has 2 atom stereocenters. The average Bonchev–Trinajstić information content (AvgIpc) is 3.66. The predicted molar refractivity (Wildman–Crippen MR) is 200 cm³/mol. The molecule has 0 saturated carbocycles. The molecule has 10 amide bonds. The van der Waals surface area contributed by atoms with Crippen LogP contribution in [0.1, 0.15) is 72.8 Å². The van der Waals surface area contributed by atoms with Crippen LogP contribution in [0.5, 0.6) is 5.75 Å². The number of rotatable bonds is 4. The maximum atomic E-state index is 12.9. The normalized spacial score (nSPS) is 20.8. The van der Waals surface area contributed by atoms with E-state index in [0.29, 0.717) is 35.1 Å². The van der Waals surface area contributed by atoms with Crippen LogP contribution in [-0.4, -0.2) is 122 Å². The summed E-state index contributed by atoms with van der Waals surface area (Å²) in [5, 5.41) is 9.40. The number of hydrogen-bond acceptors (Lipinski definition) is 11. The average molecular weight is 777 g/mol. The van der Waals surface area contributed by atoms with E-state index in [0.717, 1.165) is 11.3 Å². The minimum Gasteiger partial charge on any atom is -0.508 e. The number of aryl methyl sites for hydroxylation is 1. The SMILES string of the molecule is CC(C)(C)OC(=O)N1C(=O)CCC(N2CCN(c3ccc(O)cc3)C2=O)C1=O.Cc1ccc(N2CCN(C3CCC(=O)N(C(=O)OC(C)(C)C)C3=O)C2=O)cc1. The number of ether oxygens (including phenoxy) is 2. The highest BCUT2D eigenvalue weighted by molar-refractivity contribution is 6.14. The number of likely N-dealkylation sites (tertiary alicyclic amines) is 2. The Balaban J connectivity index is 0.000000214. The van der Waals surface area contributed by atoms with Gasteiger partial charge in [-0.3, -0.25) is 29.0 Å². The summed E-state index contributed by atoms with van der Waals surface area (Å²) in [6.07, 6.45) is -1.68. The molecule has 4 heterocycles. The first kappa shape index (κ1) is 41.2. The highest BCUT2D eigenvalue weighted by Crippen LogP contribution is 2.30. The third kappa shape index (κ3) is 9.09. The van der Waals surface area contributed by atoms with Gasteiger partial charge in [-0.25, -0.2) is 19.2 Å². The summed E-state index contributed by atoms with van der Waals surface area (Å²) in [5.41, 5.74) is 0.733. The zero-order valence-corrected chi connectivity index (χ0v) is 32.6. The van der Waals surface area contributed by atoms with Crippen molar-refractivity contribution in [3.05, 3.63) is 54.1 Å². The molecular weight excluding hydrogens is 728 g/mol. The van der Waals surface area contributed by atoms with Crippen molar-refractivity contribution in [2.75, 3.05) is 36.0 Å². The summed E-state index contributed by atoms with van der Waals surface area (Å²) in [4.78, 5) is 107. The number of carbonyl (C=O) groups excluding carboxylic acids is 8. The molecule has 4 saturated heterocycles. The van der Waals surface area contributed by atoms with E-state index in [1.165, 1.54) is 26.8 Å². The van der Waals surface area contributed by atoms with E-state index < -0.39 is 59.1 Å². The topological polar surface area (TPSA) is 195 Å². The fraction of sp³-hybridized carbons (Fsp3) is 0.487. The number of imide groups is 6. The molecule has 2 aromatic carbocycles. The van der Waals surface area contributed by atoms with Crippen molar-refractivity contribution >= 4 is 59.3 Å². The highest BCUT2D eigenvalue weighted by Gasteiger charge is 2.48. The number of piperidine rings is 2. The number of urea groups is 2. The Morgan fingerprint density at radius 3 is 1.30 bits per heavy atom. The van der Waals surface area contributed by atoms with Gasteiger partial charge in [-0.15, -0.1) is 0 Å². The number of phenolic OH excluding ortho intramolecular Hbond substituents is 1. The molecule has 0 aliphatic carbocycles. The van der Waals surface area contributed by atoms with Crippen LogP contribution in [0.4, 0.5) is 30.6 Å². The van der Waals surface area contributed by atoms with Crippen molar-refractivity contribution in [3.63, 3.8) is 0 Å². The fourth-order valence-corrected chi connectivity index (χ4v) is 6.63. The van der Waals surface area contributed by atoms with Crippen molar-refractivity contribution in [2.24, 2.45) is 0 Å². The third-order valence-electron chi connectivity index (χ3n) is 9.27. The Kier molecular flexibility index (Phi) is 11.8. The molecule has 0 aromatic heterocycles. The molecule has 56 heavy (non-hydrogen) atoms. The van der Waals surface area contributed by atoms with E-state index in [4.69, 9.17) is 9.47 Å². The summed E-state index contributed by atoms with van der Waals surface area (Å²) in [6, 6.07) is 11.3. The molecule has 4 fully saturated rings. The lowest BCUT2D eigenvalue weighted by molar-refractivity contribution is -0.152. The summed E-state index contributed by atoms with van der Waals surface area (Å²) in [7, 11) is 0. The zero-order valence-electron chi connectivity index (χ0n) is 32.6. The lowest BCUT2D eigenvalue weighted by Crippen LogP contribution is -2.57. The number of phenols is 1. The van der Waals surface area contributed by atoms with E-state index in [9.17, 15) is 43.5 Å². The number of carbonyl (C=O) groups is 8. The van der Waals surface area contributed by atoms with Crippen molar-refractivity contribution in [1.29, 1.82) is 0 Å². The molecule has 6 rings (SSSR count). The fourth-order valence-electron chi connectivity index (χ4n) is 6.63. The van der Waals surface area contributed by atoms with Gasteiger partial charge in [0, 0.05) is 50.4 Å². The number of benzene rings is 2. The van der Waals surface area contributed by atoms with Crippen molar-refractivity contribution in [1.82, 2.24) is 19.6 Å². The Labute approximate surface area is 324 Å². The molecule has 2 aromatic rings. The van der Waals surface area contributed by atoms with Crippen molar-refractivity contribution < 1.29 is 52.9 Å². The van der Waals surface area contributed by atoms with Crippen molar-refractivity contribution in [2.45, 2.75) is 97.4 Å². The van der Waals surface area contributed by atoms with Crippen molar-refractivity contribution in [3.8, 4) is 5.75 Å². The zero-order chi connectivity index (χ0) is 41.3. The first-order valence-electron chi connectivity index (χ1n) is 18.4. The van der Waals surface area contributed by atoms with Gasteiger partial charge in [-0.2, -0.15) is 9.80 Å². The second-order valence-corrected chi connectivity index (χ2v) is 15.8. The quantitative estimate of drug-likeness (QED) is 0.420. The van der Waals surface area contributed by atoms with Crippen LogP contribution in [0.25, 0.3) is 0 Å². The second-order valence-electron chi connectivity index (χ2n) is 15.8. The lowest BCUT2D eigenvalue weighted by atomic mass is 10.0. The molecule has 300 valence electrons. The number of nitrogens with zero attached hydrogens (tertiary/aromatic N) is 6. The van der Waals surface area contributed by atoms with Crippen LogP contribution < -0.4 is 9.80 Å². The van der Waals surface area contributed by atoms with Crippen LogP contribution in [-0.2, 0) is 28.7 Å². The molecule has 17 nitrogen and oxygen atoms in total. The Hall–Kier alpha value is -6.00. The van der Waals surface area contributed by atoms with Crippen LogP contribution >= 0.6 is 0 Å². The monoisotopic (exact) mass is 776 g/mol. The van der Waals surface area contributed by atoms with Gasteiger partial charge in [0.25, 0.3) is 11.8 Å². The van der Waals surface area contributed by atoms with E-state index in [2.05, 4.69) is 0 Å². The molecule has 1 N–H and O–H groups in total. The number of amides is 10. The Morgan fingerprint density at radius 1 is 0.589 bits per heavy atom. The molecule has 17 heteroatoms. The van der Waals surface area contributed by atoms with Gasteiger partial charge in [-0.1, -0.05) is 17.7 Å².